The molecule has 1 aliphatic rings. The number of esters is 1. The Hall–Kier alpha value is -4.72. The summed E-state index contributed by atoms with van der Waals surface area (Å²) in [7, 11) is 0. The summed E-state index contributed by atoms with van der Waals surface area (Å²) < 4.78 is 22.5. The van der Waals surface area contributed by atoms with E-state index in [9.17, 15) is 19.6 Å². The molecule has 2 aromatic heterocycles. The van der Waals surface area contributed by atoms with Crippen molar-refractivity contribution in [2.75, 3.05) is 25.3 Å². The molecule has 1 aromatic carbocycles. The van der Waals surface area contributed by atoms with Gasteiger partial charge in [0.1, 0.15) is 24.2 Å². The number of hydrogen-bond acceptors (Lipinski definition) is 8. The Morgan fingerprint density at radius 3 is 2.71 bits per heavy atom. The van der Waals surface area contributed by atoms with Gasteiger partial charge in [-0.05, 0) is 49.7 Å². The van der Waals surface area contributed by atoms with E-state index in [0.717, 1.165) is 11.3 Å². The van der Waals surface area contributed by atoms with Crippen LogP contribution in [-0.4, -0.2) is 42.3 Å². The Balaban J connectivity index is 1.32. The fraction of sp³-hybridized carbons (Fsp3) is 0.250. The maximum absolute atomic E-state index is 12.5. The molecule has 0 atom stereocenters. The zero-order valence-corrected chi connectivity index (χ0v) is 19.0. The fourth-order valence-corrected chi connectivity index (χ4v) is 3.54. The number of anilines is 1. The topological polar surface area (TPSA) is 145 Å². The average Bonchev–Trinajstić information content (AvgIpc) is 3.59. The van der Waals surface area contributed by atoms with E-state index >= 15 is 0 Å². The summed E-state index contributed by atoms with van der Waals surface area (Å²) in [5.74, 6) is -0.0276. The minimum Gasteiger partial charge on any atom is -0.467 e. The lowest BCUT2D eigenvalue weighted by molar-refractivity contribution is -0.146. The maximum Gasteiger partial charge on any atom is 0.325 e. The van der Waals surface area contributed by atoms with Crippen LogP contribution in [0.3, 0.4) is 0 Å². The second kappa shape index (κ2) is 10.0. The largest absolute Gasteiger partial charge is 0.467 e. The van der Waals surface area contributed by atoms with Gasteiger partial charge >= 0.3 is 5.97 Å². The first-order chi connectivity index (χ1) is 16.9. The lowest BCUT2D eigenvalue weighted by Gasteiger charge is -2.12. The number of nitriles is 1. The van der Waals surface area contributed by atoms with Gasteiger partial charge in [0, 0.05) is 11.3 Å². The van der Waals surface area contributed by atoms with Crippen molar-refractivity contribution >= 4 is 23.6 Å². The number of furan rings is 1. The maximum atomic E-state index is 12.5. The lowest BCUT2D eigenvalue weighted by Crippen LogP contribution is -2.32. The van der Waals surface area contributed by atoms with Crippen LogP contribution in [0.15, 0.2) is 41.0 Å². The van der Waals surface area contributed by atoms with Gasteiger partial charge < -0.3 is 33.8 Å². The molecule has 35 heavy (non-hydrogen) atoms. The molecule has 180 valence electrons. The van der Waals surface area contributed by atoms with Gasteiger partial charge in [-0.15, -0.1) is 0 Å². The number of nitrogens with zero attached hydrogens (tertiary/aromatic N) is 2. The molecule has 3 aromatic rings. The van der Waals surface area contributed by atoms with Gasteiger partial charge in [-0.3, -0.25) is 14.4 Å². The molecule has 0 saturated heterocycles. The van der Waals surface area contributed by atoms with Gasteiger partial charge in [-0.25, -0.2) is 0 Å². The van der Waals surface area contributed by atoms with Gasteiger partial charge in [0.15, 0.2) is 18.1 Å². The number of nitrogens with one attached hydrogen (secondary N) is 2. The van der Waals surface area contributed by atoms with Crippen LogP contribution in [0.5, 0.6) is 11.5 Å². The molecule has 1 aliphatic heterocycles. The molecular formula is C24H22N4O7. The molecule has 0 saturated carbocycles. The Labute approximate surface area is 200 Å². The van der Waals surface area contributed by atoms with Crippen LogP contribution in [0, 0.1) is 25.2 Å². The Bertz CT molecular complexity index is 1320. The van der Waals surface area contributed by atoms with Gasteiger partial charge in [-0.2, -0.15) is 5.26 Å². The summed E-state index contributed by atoms with van der Waals surface area (Å²) in [4.78, 5) is 36.8. The third-order valence-corrected chi connectivity index (χ3v) is 5.49. The second-order valence-corrected chi connectivity index (χ2v) is 7.67. The van der Waals surface area contributed by atoms with Crippen LogP contribution in [0.25, 0.3) is 0 Å². The minimum atomic E-state index is -0.798. The monoisotopic (exact) mass is 478 g/mol. The van der Waals surface area contributed by atoms with E-state index in [1.165, 1.54) is 18.4 Å². The number of carbonyl (C=O) groups is 3. The van der Waals surface area contributed by atoms with E-state index in [0.29, 0.717) is 29.4 Å². The van der Waals surface area contributed by atoms with Crippen molar-refractivity contribution in [3.8, 4) is 17.6 Å². The van der Waals surface area contributed by atoms with Crippen LogP contribution in [0.4, 0.5) is 5.82 Å². The molecule has 0 unspecified atom stereocenters. The second-order valence-electron chi connectivity index (χ2n) is 7.67. The Kier molecular flexibility index (Phi) is 6.73. The predicted molar refractivity (Wildman–Crippen MR) is 121 cm³/mol. The number of carbonyl (C=O) groups excluding carboxylic acids is 3. The highest BCUT2D eigenvalue weighted by molar-refractivity contribution is 5.97. The molecule has 0 fully saturated rings. The van der Waals surface area contributed by atoms with Crippen LogP contribution in [0.2, 0.25) is 0 Å². The number of fused-ring (bicyclic) bond motifs is 1. The van der Waals surface area contributed by atoms with Gasteiger partial charge in [0.2, 0.25) is 6.79 Å². The van der Waals surface area contributed by atoms with E-state index in [-0.39, 0.29) is 18.2 Å². The normalized spacial score (nSPS) is 11.6. The van der Waals surface area contributed by atoms with Crippen molar-refractivity contribution in [1.82, 2.24) is 9.88 Å². The molecule has 3 heterocycles. The number of aromatic nitrogens is 1. The third-order valence-electron chi connectivity index (χ3n) is 5.49. The number of ether oxygens (including phenoxy) is 3. The SMILES string of the molecule is Cc1c(C#N)c(NC(=O)COC(=O)CNC(=O)c2ccc3c(c2)OCO3)n(Cc2ccco2)c1C. The van der Waals surface area contributed by atoms with Gasteiger partial charge in [0.05, 0.1) is 18.4 Å². The summed E-state index contributed by atoms with van der Waals surface area (Å²) in [5, 5.41) is 14.7. The number of hydrogen-bond donors (Lipinski definition) is 2. The smallest absolute Gasteiger partial charge is 0.325 e. The van der Waals surface area contributed by atoms with Crippen molar-refractivity contribution < 1.29 is 33.0 Å². The number of rotatable bonds is 8. The molecule has 4 rings (SSSR count). The Morgan fingerprint density at radius 1 is 1.17 bits per heavy atom. The van der Waals surface area contributed by atoms with Crippen molar-refractivity contribution in [2.24, 2.45) is 0 Å². The van der Waals surface area contributed by atoms with E-state index in [1.807, 2.05) is 6.92 Å². The van der Waals surface area contributed by atoms with Gasteiger partial charge in [-0.1, -0.05) is 0 Å². The summed E-state index contributed by atoms with van der Waals surface area (Å²) in [5.41, 5.74) is 2.10. The summed E-state index contributed by atoms with van der Waals surface area (Å²) in [6.45, 7) is 2.98. The van der Waals surface area contributed by atoms with E-state index in [2.05, 4.69) is 16.7 Å². The third kappa shape index (κ3) is 5.11. The van der Waals surface area contributed by atoms with E-state index in [4.69, 9.17) is 18.6 Å². The predicted octanol–water partition coefficient (Wildman–Crippen LogP) is 2.26. The average molecular weight is 478 g/mol. The molecule has 0 radical (unpaired) electrons. The molecule has 2 amide bonds. The van der Waals surface area contributed by atoms with Gasteiger partial charge in [0.25, 0.3) is 11.8 Å². The first-order valence-electron chi connectivity index (χ1n) is 10.6. The lowest BCUT2D eigenvalue weighted by atomic mass is 10.2. The number of amides is 2. The van der Waals surface area contributed by atoms with Crippen LogP contribution < -0.4 is 20.1 Å². The van der Waals surface area contributed by atoms with Crippen LogP contribution >= 0.6 is 0 Å². The zero-order valence-electron chi connectivity index (χ0n) is 19.0. The first-order valence-corrected chi connectivity index (χ1v) is 10.6. The quantitative estimate of drug-likeness (QED) is 0.469. The van der Waals surface area contributed by atoms with Crippen molar-refractivity contribution in [2.45, 2.75) is 20.4 Å². The summed E-state index contributed by atoms with van der Waals surface area (Å²) >= 11 is 0. The van der Waals surface area contributed by atoms with Crippen molar-refractivity contribution in [3.05, 3.63) is 64.7 Å². The highest BCUT2D eigenvalue weighted by atomic mass is 16.7. The molecule has 0 bridgehead atoms. The molecular weight excluding hydrogens is 456 g/mol. The molecule has 11 nitrogen and oxygen atoms in total. The molecule has 2 N–H and O–H groups in total. The summed E-state index contributed by atoms with van der Waals surface area (Å²) in [6.07, 6.45) is 1.54. The highest BCUT2D eigenvalue weighted by Crippen LogP contribution is 2.32. The highest BCUT2D eigenvalue weighted by Gasteiger charge is 2.21. The Morgan fingerprint density at radius 2 is 1.97 bits per heavy atom. The first kappa shape index (κ1) is 23.4. The standard InChI is InChI=1S/C24H22N4O7/c1-14-15(2)28(11-17-4-3-7-32-17)23(18(14)9-25)27-21(29)12-33-22(30)10-26-24(31)16-5-6-19-20(8-16)35-13-34-19/h3-8H,10-13H2,1-2H3,(H,26,31)(H,27,29). The zero-order chi connectivity index (χ0) is 24.9. The van der Waals surface area contributed by atoms with Crippen LogP contribution in [-0.2, 0) is 20.9 Å². The number of benzene rings is 1. The van der Waals surface area contributed by atoms with Crippen LogP contribution in [0.1, 0.15) is 32.9 Å². The van der Waals surface area contributed by atoms with Crippen molar-refractivity contribution in [3.63, 3.8) is 0 Å². The molecule has 0 aliphatic carbocycles. The summed E-state index contributed by atoms with van der Waals surface area (Å²) in [6, 6.07) is 10.3. The molecule has 11 heteroatoms. The minimum absolute atomic E-state index is 0.0807. The fourth-order valence-electron chi connectivity index (χ4n) is 3.54. The van der Waals surface area contributed by atoms with Crippen molar-refractivity contribution in [1.29, 1.82) is 5.26 Å². The van der Waals surface area contributed by atoms with E-state index < -0.39 is 30.9 Å². The van der Waals surface area contributed by atoms with E-state index in [1.54, 1.807) is 29.7 Å². The molecule has 0 spiro atoms.